The van der Waals surface area contributed by atoms with Crippen LogP contribution in [-0.2, 0) is 10.8 Å². The van der Waals surface area contributed by atoms with Gasteiger partial charge in [0, 0.05) is 31.3 Å². The molecule has 2 aromatic heterocycles. The Morgan fingerprint density at radius 3 is 2.27 bits per heavy atom. The summed E-state index contributed by atoms with van der Waals surface area (Å²) in [6.07, 6.45) is 0. The molecule has 1 aliphatic rings. The second-order valence-corrected chi connectivity index (χ2v) is 9.28. The summed E-state index contributed by atoms with van der Waals surface area (Å²) < 4.78 is 28.5. The summed E-state index contributed by atoms with van der Waals surface area (Å²) in [6.45, 7) is 5.96. The summed E-state index contributed by atoms with van der Waals surface area (Å²) in [6, 6.07) is 22.6. The third kappa shape index (κ3) is 1.92. The second kappa shape index (κ2) is 5.51. The zero-order chi connectivity index (χ0) is 23.3. The van der Waals surface area contributed by atoms with Gasteiger partial charge in [-0.05, 0) is 23.4 Å². The molecule has 2 nitrogen and oxygen atoms in total. The minimum Gasteiger partial charge on any atom is -0.295 e. The van der Waals surface area contributed by atoms with Crippen LogP contribution in [-0.4, -0.2) is 9.38 Å². The van der Waals surface area contributed by atoms with E-state index in [-0.39, 0.29) is 0 Å². The third-order valence-corrected chi connectivity index (χ3v) is 7.37. The van der Waals surface area contributed by atoms with E-state index >= 15 is 0 Å². The topological polar surface area (TPSA) is 17.3 Å². The Morgan fingerprint density at radius 2 is 1.53 bits per heavy atom. The zero-order valence-electron chi connectivity index (χ0n) is 20.7. The summed E-state index contributed by atoms with van der Waals surface area (Å²) >= 11 is 0. The molecule has 0 N–H and O–H groups in total. The van der Waals surface area contributed by atoms with Crippen molar-refractivity contribution in [3.8, 4) is 11.3 Å². The monoisotopic (exact) mass is 393 g/mol. The van der Waals surface area contributed by atoms with Crippen molar-refractivity contribution in [2.24, 2.45) is 0 Å². The fourth-order valence-corrected chi connectivity index (χ4v) is 5.31. The van der Waals surface area contributed by atoms with Crippen molar-refractivity contribution >= 4 is 27.3 Å². The highest BCUT2D eigenvalue weighted by Crippen LogP contribution is 2.53. The number of fused-ring (bicyclic) bond motifs is 3. The molecule has 0 spiro atoms. The number of aryl methyl sites for hydroxylation is 1. The number of rotatable bonds is 1. The highest BCUT2D eigenvalue weighted by molar-refractivity contribution is 6.14. The van der Waals surface area contributed by atoms with Gasteiger partial charge in [0.25, 0.3) is 0 Å². The van der Waals surface area contributed by atoms with Gasteiger partial charge in [-0.2, -0.15) is 0 Å². The molecule has 1 aliphatic heterocycles. The Balaban J connectivity index is 2.00. The van der Waals surface area contributed by atoms with E-state index < -0.39 is 17.7 Å². The molecular weight excluding hydrogens is 364 g/mol. The highest BCUT2D eigenvalue weighted by atomic mass is 15.1. The van der Waals surface area contributed by atoms with Crippen molar-refractivity contribution < 1.29 is 4.11 Å². The first kappa shape index (κ1) is 14.8. The van der Waals surface area contributed by atoms with Crippen molar-refractivity contribution in [3.05, 3.63) is 83.6 Å². The molecule has 148 valence electrons. The van der Waals surface area contributed by atoms with Crippen LogP contribution in [0.1, 0.15) is 48.6 Å². The van der Waals surface area contributed by atoms with Gasteiger partial charge >= 0.3 is 0 Å². The number of benzene rings is 3. The maximum absolute atomic E-state index is 8.77. The van der Waals surface area contributed by atoms with Crippen molar-refractivity contribution in [1.29, 1.82) is 0 Å². The largest absolute Gasteiger partial charge is 0.295 e. The lowest BCUT2D eigenvalue weighted by molar-refractivity contribution is 0.289. The summed E-state index contributed by atoms with van der Waals surface area (Å²) in [4.78, 5) is 5.18. The predicted molar refractivity (Wildman–Crippen MR) is 126 cm³/mol. The van der Waals surface area contributed by atoms with E-state index in [0.717, 1.165) is 44.5 Å². The Bertz CT molecular complexity index is 1590. The van der Waals surface area contributed by atoms with E-state index in [0.29, 0.717) is 0 Å². The molecule has 0 aliphatic carbocycles. The molecule has 30 heavy (non-hydrogen) atoms. The lowest BCUT2D eigenvalue weighted by Crippen LogP contribution is -2.44. The average Bonchev–Trinajstić information content (AvgIpc) is 3.19. The van der Waals surface area contributed by atoms with Crippen molar-refractivity contribution in [2.75, 3.05) is 0 Å². The van der Waals surface area contributed by atoms with Gasteiger partial charge in [-0.15, -0.1) is 0 Å². The molecule has 3 heterocycles. The molecule has 0 saturated heterocycles. The van der Waals surface area contributed by atoms with E-state index in [2.05, 4.69) is 55.5 Å². The van der Waals surface area contributed by atoms with Crippen LogP contribution in [0, 0.1) is 6.92 Å². The molecule has 1 atom stereocenters. The van der Waals surface area contributed by atoms with Crippen molar-refractivity contribution in [1.82, 2.24) is 9.38 Å². The molecule has 0 fully saturated rings. The minimum absolute atomic E-state index is 0.654. The van der Waals surface area contributed by atoms with Crippen LogP contribution in [0.4, 0.5) is 0 Å². The van der Waals surface area contributed by atoms with E-state index in [1.807, 2.05) is 43.3 Å². The van der Waals surface area contributed by atoms with Gasteiger partial charge in [0.1, 0.15) is 5.65 Å². The lowest BCUT2D eigenvalue weighted by Gasteiger charge is -2.46. The van der Waals surface area contributed by atoms with E-state index in [4.69, 9.17) is 9.10 Å². The Morgan fingerprint density at radius 1 is 0.833 bits per heavy atom. The SMILES string of the molecule is [2H]C([2H])([2H])C1(C)c2c(-c3ccccc3)nc3c4ccccc4c4c(C)ccc(c4n23)C1(C)C. The number of pyridine rings is 1. The summed E-state index contributed by atoms with van der Waals surface area (Å²) in [5.41, 5.74) is 4.82. The lowest BCUT2D eigenvalue weighted by atomic mass is 9.60. The fourth-order valence-electron chi connectivity index (χ4n) is 5.31. The summed E-state index contributed by atoms with van der Waals surface area (Å²) in [7, 11) is 0. The maximum Gasteiger partial charge on any atom is 0.146 e. The molecule has 0 bridgehead atoms. The fraction of sp³-hybridized carbons (Fsp3) is 0.250. The number of imidazole rings is 1. The standard InChI is InChI=1S/C28H26N2/c1-17-15-16-21-24-22(17)19-13-9-10-14-20(19)26-29-23(18-11-7-6-8-12-18)25(30(24)26)28(4,5)27(21,2)3/h6-16H,1-5H3/i4D3. The first-order valence-corrected chi connectivity index (χ1v) is 10.5. The summed E-state index contributed by atoms with van der Waals surface area (Å²) in [5.74, 6) is 0. The quantitative estimate of drug-likeness (QED) is 0.276. The molecule has 0 radical (unpaired) electrons. The van der Waals surface area contributed by atoms with Gasteiger partial charge in [-0.1, -0.05) is 94.4 Å². The minimum atomic E-state index is -2.24. The van der Waals surface area contributed by atoms with Crippen LogP contribution in [0.15, 0.2) is 66.7 Å². The van der Waals surface area contributed by atoms with Crippen LogP contribution in [0.25, 0.3) is 38.6 Å². The average molecular weight is 394 g/mol. The van der Waals surface area contributed by atoms with Crippen LogP contribution in [0.2, 0.25) is 0 Å². The molecule has 0 amide bonds. The van der Waals surface area contributed by atoms with Crippen LogP contribution >= 0.6 is 0 Å². The Labute approximate surface area is 181 Å². The van der Waals surface area contributed by atoms with Gasteiger partial charge < -0.3 is 0 Å². The molecule has 6 rings (SSSR count). The Kier molecular flexibility index (Phi) is 2.72. The van der Waals surface area contributed by atoms with Gasteiger partial charge in [0.2, 0.25) is 0 Å². The smallest absolute Gasteiger partial charge is 0.146 e. The first-order chi connectivity index (χ1) is 15.6. The summed E-state index contributed by atoms with van der Waals surface area (Å²) in [5, 5.41) is 3.37. The first-order valence-electron chi connectivity index (χ1n) is 12.0. The van der Waals surface area contributed by atoms with E-state index in [9.17, 15) is 0 Å². The van der Waals surface area contributed by atoms with Crippen LogP contribution in [0.5, 0.6) is 0 Å². The maximum atomic E-state index is 8.77. The number of aromatic nitrogens is 2. The third-order valence-electron chi connectivity index (χ3n) is 7.37. The van der Waals surface area contributed by atoms with Crippen LogP contribution in [0.3, 0.4) is 0 Å². The molecule has 5 aromatic rings. The Hall–Kier alpha value is -3.13. The van der Waals surface area contributed by atoms with Crippen molar-refractivity contribution in [3.63, 3.8) is 0 Å². The van der Waals surface area contributed by atoms with Gasteiger partial charge in [-0.3, -0.25) is 4.40 Å². The molecular formula is C28H26N2. The zero-order valence-corrected chi connectivity index (χ0v) is 17.7. The highest BCUT2D eigenvalue weighted by Gasteiger charge is 2.48. The number of hydrogen-bond acceptors (Lipinski definition) is 1. The predicted octanol–water partition coefficient (Wildman–Crippen LogP) is 7.18. The number of nitrogens with zero attached hydrogens (tertiary/aromatic N) is 2. The molecule has 2 heteroatoms. The molecule has 1 unspecified atom stereocenters. The second-order valence-electron chi connectivity index (χ2n) is 9.28. The molecule has 3 aromatic carbocycles. The van der Waals surface area contributed by atoms with E-state index in [1.54, 1.807) is 0 Å². The van der Waals surface area contributed by atoms with Crippen LogP contribution < -0.4 is 0 Å². The number of hydrogen-bond donors (Lipinski definition) is 0. The van der Waals surface area contributed by atoms with Gasteiger partial charge in [-0.25, -0.2) is 4.98 Å². The normalized spacial score (nSPS) is 21.8. The molecule has 0 saturated carbocycles. The van der Waals surface area contributed by atoms with E-state index in [1.165, 1.54) is 10.9 Å². The van der Waals surface area contributed by atoms with Gasteiger partial charge in [0.05, 0.1) is 16.9 Å². The van der Waals surface area contributed by atoms with Gasteiger partial charge in [0.15, 0.2) is 0 Å². The van der Waals surface area contributed by atoms with Crippen molar-refractivity contribution in [2.45, 2.75) is 45.4 Å².